The second-order valence-electron chi connectivity index (χ2n) is 4.50. The van der Waals surface area contributed by atoms with E-state index in [2.05, 4.69) is 28.3 Å². The van der Waals surface area contributed by atoms with Crippen LogP contribution in [0, 0.1) is 13.8 Å². The van der Waals surface area contributed by atoms with Crippen LogP contribution in [0.4, 0.5) is 0 Å². The molecule has 3 nitrogen and oxygen atoms in total. The van der Waals surface area contributed by atoms with Gasteiger partial charge in [0, 0.05) is 23.3 Å². The smallest absolute Gasteiger partial charge is 0.156 e. The zero-order valence-electron chi connectivity index (χ0n) is 10.8. The maximum atomic E-state index is 5.80. The Balaban J connectivity index is 2.14. The van der Waals surface area contributed by atoms with Crippen molar-refractivity contribution in [2.24, 2.45) is 5.73 Å². The molecule has 2 aromatic heterocycles. The molecule has 0 amide bonds. The van der Waals surface area contributed by atoms with Gasteiger partial charge in [0.25, 0.3) is 0 Å². The van der Waals surface area contributed by atoms with Crippen molar-refractivity contribution >= 4 is 23.1 Å². The van der Waals surface area contributed by atoms with Gasteiger partial charge in [-0.2, -0.15) is 0 Å². The van der Waals surface area contributed by atoms with Gasteiger partial charge in [-0.25, -0.2) is 9.97 Å². The fourth-order valence-corrected chi connectivity index (χ4v) is 3.45. The zero-order chi connectivity index (χ0) is 13.1. The third-order valence-electron chi connectivity index (χ3n) is 2.43. The van der Waals surface area contributed by atoms with Crippen LogP contribution in [-0.2, 0) is 6.42 Å². The topological polar surface area (TPSA) is 51.8 Å². The fraction of sp³-hybridized carbons (Fsp3) is 0.385. The normalized spacial score (nSPS) is 12.7. The third kappa shape index (κ3) is 3.54. The molecule has 0 aliphatic heterocycles. The van der Waals surface area contributed by atoms with E-state index in [1.807, 2.05) is 20.0 Å². The van der Waals surface area contributed by atoms with Gasteiger partial charge < -0.3 is 5.73 Å². The summed E-state index contributed by atoms with van der Waals surface area (Å²) in [5, 5.41) is 3.08. The quantitative estimate of drug-likeness (QED) is 0.934. The van der Waals surface area contributed by atoms with Gasteiger partial charge in [0.2, 0.25) is 0 Å². The Morgan fingerprint density at radius 2 is 2.22 bits per heavy atom. The van der Waals surface area contributed by atoms with Crippen molar-refractivity contribution in [2.45, 2.75) is 42.6 Å². The van der Waals surface area contributed by atoms with E-state index in [1.54, 1.807) is 23.1 Å². The SMILES string of the molecule is Cc1csc(Sc2ncc(CC(C)N)cc2C)n1. The highest BCUT2D eigenvalue weighted by Gasteiger charge is 2.07. The summed E-state index contributed by atoms with van der Waals surface area (Å²) in [4.78, 5) is 8.95. The first-order chi connectivity index (χ1) is 8.54. The first kappa shape index (κ1) is 13.5. The summed E-state index contributed by atoms with van der Waals surface area (Å²) in [5.41, 5.74) is 9.24. The number of pyridine rings is 1. The number of aromatic nitrogens is 2. The predicted molar refractivity (Wildman–Crippen MR) is 77.3 cm³/mol. The van der Waals surface area contributed by atoms with Crippen molar-refractivity contribution in [3.8, 4) is 0 Å². The lowest BCUT2D eigenvalue weighted by Crippen LogP contribution is -2.17. The monoisotopic (exact) mass is 279 g/mol. The lowest BCUT2D eigenvalue weighted by molar-refractivity contribution is 0.733. The number of aryl methyl sites for hydroxylation is 2. The summed E-state index contributed by atoms with van der Waals surface area (Å²) in [6.07, 6.45) is 2.79. The van der Waals surface area contributed by atoms with Crippen molar-refractivity contribution in [1.82, 2.24) is 9.97 Å². The second-order valence-corrected chi connectivity index (χ2v) is 6.60. The van der Waals surface area contributed by atoms with Gasteiger partial charge in [0.05, 0.1) is 0 Å². The standard InChI is InChI=1S/C13H17N3S2/c1-8-4-11(5-9(2)14)6-15-12(8)18-13-16-10(3)7-17-13/h4,6-7,9H,5,14H2,1-3H3. The van der Waals surface area contributed by atoms with Crippen LogP contribution in [0.3, 0.4) is 0 Å². The van der Waals surface area contributed by atoms with Gasteiger partial charge in [-0.05, 0) is 50.1 Å². The fourth-order valence-electron chi connectivity index (χ4n) is 1.67. The zero-order valence-corrected chi connectivity index (χ0v) is 12.4. The highest BCUT2D eigenvalue weighted by Crippen LogP contribution is 2.31. The molecule has 2 N–H and O–H groups in total. The molecule has 5 heteroatoms. The van der Waals surface area contributed by atoms with Crippen LogP contribution < -0.4 is 5.73 Å². The van der Waals surface area contributed by atoms with Crippen LogP contribution in [0.2, 0.25) is 0 Å². The third-order valence-corrected chi connectivity index (χ3v) is 4.60. The van der Waals surface area contributed by atoms with E-state index in [9.17, 15) is 0 Å². The molecular weight excluding hydrogens is 262 g/mol. The van der Waals surface area contributed by atoms with Crippen LogP contribution in [0.5, 0.6) is 0 Å². The molecule has 0 aliphatic rings. The first-order valence-corrected chi connectivity index (χ1v) is 7.55. The molecule has 2 rings (SSSR count). The largest absolute Gasteiger partial charge is 0.328 e. The molecule has 0 spiro atoms. The lowest BCUT2D eigenvalue weighted by Gasteiger charge is -2.08. The number of nitrogens with zero attached hydrogens (tertiary/aromatic N) is 2. The Kier molecular flexibility index (Phi) is 4.37. The number of thiazole rings is 1. The van der Waals surface area contributed by atoms with Crippen molar-refractivity contribution in [3.63, 3.8) is 0 Å². The summed E-state index contributed by atoms with van der Waals surface area (Å²) in [7, 11) is 0. The second kappa shape index (κ2) is 5.82. The van der Waals surface area contributed by atoms with E-state index in [1.165, 1.54) is 11.1 Å². The molecule has 0 fully saturated rings. The van der Waals surface area contributed by atoms with Crippen LogP contribution in [0.15, 0.2) is 27.0 Å². The van der Waals surface area contributed by atoms with E-state index in [4.69, 9.17) is 5.73 Å². The van der Waals surface area contributed by atoms with Gasteiger partial charge in [-0.3, -0.25) is 0 Å². The summed E-state index contributed by atoms with van der Waals surface area (Å²) in [5.74, 6) is 0. The summed E-state index contributed by atoms with van der Waals surface area (Å²) in [6.45, 7) is 6.10. The van der Waals surface area contributed by atoms with Gasteiger partial charge in [0.1, 0.15) is 5.03 Å². The molecule has 0 saturated heterocycles. The Morgan fingerprint density at radius 1 is 1.44 bits per heavy atom. The number of hydrogen-bond acceptors (Lipinski definition) is 5. The maximum absolute atomic E-state index is 5.80. The van der Waals surface area contributed by atoms with Gasteiger partial charge in [-0.1, -0.05) is 6.07 Å². The van der Waals surface area contributed by atoms with E-state index in [-0.39, 0.29) is 6.04 Å². The summed E-state index contributed by atoms with van der Waals surface area (Å²) >= 11 is 3.29. The number of hydrogen-bond donors (Lipinski definition) is 1. The molecule has 0 radical (unpaired) electrons. The molecule has 0 bridgehead atoms. The van der Waals surface area contributed by atoms with Crippen LogP contribution in [0.25, 0.3) is 0 Å². The molecule has 2 aromatic rings. The molecule has 0 saturated carbocycles. The Labute approximate surface area is 116 Å². The van der Waals surface area contributed by atoms with Crippen molar-refractivity contribution in [3.05, 3.63) is 34.5 Å². The Morgan fingerprint density at radius 3 is 2.78 bits per heavy atom. The first-order valence-electron chi connectivity index (χ1n) is 5.85. The average molecular weight is 279 g/mol. The minimum atomic E-state index is 0.173. The highest BCUT2D eigenvalue weighted by atomic mass is 32.2. The summed E-state index contributed by atoms with van der Waals surface area (Å²) in [6, 6.07) is 2.34. The van der Waals surface area contributed by atoms with Gasteiger partial charge in [-0.15, -0.1) is 11.3 Å². The molecule has 0 aliphatic carbocycles. The Hall–Kier alpha value is -0.910. The molecule has 96 valence electrons. The maximum Gasteiger partial charge on any atom is 0.156 e. The molecule has 0 aromatic carbocycles. The summed E-state index contributed by atoms with van der Waals surface area (Å²) < 4.78 is 1.04. The van der Waals surface area contributed by atoms with Gasteiger partial charge in [0.15, 0.2) is 4.34 Å². The molecule has 1 unspecified atom stereocenters. The highest BCUT2D eigenvalue weighted by molar-refractivity contribution is 8.01. The van der Waals surface area contributed by atoms with Crippen LogP contribution in [0.1, 0.15) is 23.7 Å². The van der Waals surface area contributed by atoms with Crippen molar-refractivity contribution in [1.29, 1.82) is 0 Å². The molecule has 18 heavy (non-hydrogen) atoms. The number of nitrogens with two attached hydrogens (primary N) is 1. The van der Waals surface area contributed by atoms with Crippen LogP contribution in [-0.4, -0.2) is 16.0 Å². The molecular formula is C13H17N3S2. The Bertz CT molecular complexity index is 535. The molecule has 1 atom stereocenters. The number of rotatable bonds is 4. The van der Waals surface area contributed by atoms with E-state index in [0.717, 1.165) is 21.5 Å². The van der Waals surface area contributed by atoms with E-state index < -0.39 is 0 Å². The molecule has 2 heterocycles. The van der Waals surface area contributed by atoms with Gasteiger partial charge >= 0.3 is 0 Å². The van der Waals surface area contributed by atoms with Crippen LogP contribution >= 0.6 is 23.1 Å². The minimum Gasteiger partial charge on any atom is -0.328 e. The minimum absolute atomic E-state index is 0.173. The van der Waals surface area contributed by atoms with E-state index in [0.29, 0.717) is 0 Å². The van der Waals surface area contributed by atoms with Crippen molar-refractivity contribution < 1.29 is 0 Å². The van der Waals surface area contributed by atoms with Crippen molar-refractivity contribution in [2.75, 3.05) is 0 Å². The predicted octanol–water partition coefficient (Wildman–Crippen LogP) is 3.20. The lowest BCUT2D eigenvalue weighted by atomic mass is 10.1. The van der Waals surface area contributed by atoms with E-state index >= 15 is 0 Å². The average Bonchev–Trinajstić information content (AvgIpc) is 2.67.